The Hall–Kier alpha value is -1.47. The maximum Gasteiger partial charge on any atom is 0.225 e. The molecule has 1 aromatic heterocycles. The molecule has 2 aromatic rings. The van der Waals surface area contributed by atoms with E-state index in [1.807, 2.05) is 6.07 Å². The predicted molar refractivity (Wildman–Crippen MR) is 72.6 cm³/mol. The van der Waals surface area contributed by atoms with Gasteiger partial charge in [-0.2, -0.15) is 0 Å². The molecule has 1 amide bonds. The summed E-state index contributed by atoms with van der Waals surface area (Å²) in [6.07, 6.45) is 1.08. The second-order valence-corrected chi connectivity index (χ2v) is 7.11. The van der Waals surface area contributed by atoms with Crippen LogP contribution in [0.3, 0.4) is 0 Å². The van der Waals surface area contributed by atoms with Crippen molar-refractivity contribution in [2.24, 2.45) is 0 Å². The second-order valence-electron chi connectivity index (χ2n) is 3.96. The Morgan fingerprint density at radius 3 is 2.94 bits per heavy atom. The third-order valence-corrected chi connectivity index (χ3v) is 4.07. The van der Waals surface area contributed by atoms with E-state index in [1.54, 1.807) is 17.6 Å². The Balaban J connectivity index is 2.02. The van der Waals surface area contributed by atoms with E-state index in [-0.39, 0.29) is 18.1 Å². The Morgan fingerprint density at radius 2 is 2.22 bits per heavy atom. The van der Waals surface area contributed by atoms with Gasteiger partial charge in [-0.3, -0.25) is 4.79 Å². The van der Waals surface area contributed by atoms with Crippen molar-refractivity contribution in [2.75, 3.05) is 17.3 Å². The number of hydrogen-bond acceptors (Lipinski definition) is 5. The van der Waals surface area contributed by atoms with Crippen LogP contribution in [0.25, 0.3) is 10.2 Å². The summed E-state index contributed by atoms with van der Waals surface area (Å²) < 4.78 is 22.9. The minimum atomic E-state index is -3.11. The number of benzene rings is 1. The van der Waals surface area contributed by atoms with Crippen LogP contribution in [0.2, 0.25) is 0 Å². The van der Waals surface area contributed by atoms with Crippen LogP contribution in [-0.2, 0) is 14.6 Å². The van der Waals surface area contributed by atoms with Gasteiger partial charge in [0.2, 0.25) is 5.91 Å². The molecule has 18 heavy (non-hydrogen) atoms. The number of amides is 1. The summed E-state index contributed by atoms with van der Waals surface area (Å²) in [6.45, 7) is 0. The van der Waals surface area contributed by atoms with E-state index in [0.717, 1.165) is 16.5 Å². The number of carbonyl (C=O) groups is 1. The molecule has 0 saturated heterocycles. The normalized spacial score (nSPS) is 11.6. The lowest BCUT2D eigenvalue weighted by molar-refractivity contribution is -0.115. The fourth-order valence-corrected chi connectivity index (χ4v) is 2.65. The van der Waals surface area contributed by atoms with Crippen LogP contribution in [0.5, 0.6) is 0 Å². The van der Waals surface area contributed by atoms with Crippen molar-refractivity contribution in [3.8, 4) is 0 Å². The molecule has 1 heterocycles. The number of fused-ring (bicyclic) bond motifs is 1. The molecule has 0 fully saturated rings. The molecule has 0 aliphatic rings. The maximum atomic E-state index is 11.5. The van der Waals surface area contributed by atoms with Gasteiger partial charge in [-0.1, -0.05) is 0 Å². The summed E-state index contributed by atoms with van der Waals surface area (Å²) in [4.78, 5) is 15.7. The van der Waals surface area contributed by atoms with E-state index in [9.17, 15) is 13.2 Å². The summed E-state index contributed by atoms with van der Waals surface area (Å²) in [5.41, 5.74) is 3.19. The number of nitrogens with one attached hydrogen (secondary N) is 1. The van der Waals surface area contributed by atoms with E-state index in [2.05, 4.69) is 10.3 Å². The molecule has 0 atom stereocenters. The first-order valence-corrected chi connectivity index (χ1v) is 8.19. The summed E-state index contributed by atoms with van der Waals surface area (Å²) in [5, 5.41) is 2.66. The third-order valence-electron chi connectivity index (χ3n) is 2.31. The molecule has 0 bridgehead atoms. The molecule has 0 saturated carbocycles. The largest absolute Gasteiger partial charge is 0.326 e. The number of hydrogen-bond donors (Lipinski definition) is 1. The molecule has 96 valence electrons. The summed E-state index contributed by atoms with van der Waals surface area (Å²) >= 11 is 1.53. The Labute approximate surface area is 109 Å². The van der Waals surface area contributed by atoms with Gasteiger partial charge in [0.05, 0.1) is 21.5 Å². The van der Waals surface area contributed by atoms with E-state index in [1.165, 1.54) is 11.3 Å². The van der Waals surface area contributed by atoms with Gasteiger partial charge in [0.25, 0.3) is 0 Å². The monoisotopic (exact) mass is 284 g/mol. The number of anilines is 1. The zero-order valence-electron chi connectivity index (χ0n) is 9.71. The molecule has 1 aromatic carbocycles. The first-order chi connectivity index (χ1) is 8.44. The zero-order chi connectivity index (χ0) is 13.2. The summed E-state index contributed by atoms with van der Waals surface area (Å²) in [5.74, 6) is -0.451. The molecular weight excluding hydrogens is 272 g/mol. The molecule has 0 spiro atoms. The van der Waals surface area contributed by atoms with Crippen LogP contribution in [0.4, 0.5) is 5.69 Å². The lowest BCUT2D eigenvalue weighted by atomic mass is 10.3. The minimum Gasteiger partial charge on any atom is -0.326 e. The van der Waals surface area contributed by atoms with E-state index in [4.69, 9.17) is 0 Å². The quantitative estimate of drug-likeness (QED) is 0.926. The van der Waals surface area contributed by atoms with Crippen molar-refractivity contribution in [3.63, 3.8) is 0 Å². The Morgan fingerprint density at radius 1 is 1.44 bits per heavy atom. The number of carbonyl (C=O) groups excluding carboxylic acids is 1. The molecule has 2 rings (SSSR count). The molecule has 0 radical (unpaired) electrons. The fraction of sp³-hybridized carbons (Fsp3) is 0.273. The lowest BCUT2D eigenvalue weighted by Gasteiger charge is -2.04. The van der Waals surface area contributed by atoms with E-state index in [0.29, 0.717) is 5.69 Å². The smallest absolute Gasteiger partial charge is 0.225 e. The highest BCUT2D eigenvalue weighted by molar-refractivity contribution is 7.90. The van der Waals surface area contributed by atoms with Crippen molar-refractivity contribution in [2.45, 2.75) is 6.42 Å². The van der Waals surface area contributed by atoms with Crippen molar-refractivity contribution >= 4 is 43.0 Å². The first kappa shape index (κ1) is 13.0. The van der Waals surface area contributed by atoms with Crippen molar-refractivity contribution < 1.29 is 13.2 Å². The number of nitrogens with zero attached hydrogens (tertiary/aromatic N) is 1. The Bertz CT molecular complexity index is 676. The minimum absolute atomic E-state index is 0.0338. The van der Waals surface area contributed by atoms with Crippen LogP contribution in [0, 0.1) is 0 Å². The van der Waals surface area contributed by atoms with Gasteiger partial charge in [-0.25, -0.2) is 13.4 Å². The van der Waals surface area contributed by atoms with Crippen molar-refractivity contribution in [1.29, 1.82) is 0 Å². The first-order valence-electron chi connectivity index (χ1n) is 5.25. The number of aromatic nitrogens is 1. The average Bonchev–Trinajstić information content (AvgIpc) is 2.72. The van der Waals surface area contributed by atoms with Gasteiger partial charge in [-0.05, 0) is 18.2 Å². The topological polar surface area (TPSA) is 76.1 Å². The number of rotatable bonds is 4. The highest BCUT2D eigenvalue weighted by atomic mass is 32.2. The summed E-state index contributed by atoms with van der Waals surface area (Å²) in [6, 6.07) is 5.42. The Kier molecular flexibility index (Phi) is 3.63. The highest BCUT2D eigenvalue weighted by Crippen LogP contribution is 2.21. The van der Waals surface area contributed by atoms with Crippen molar-refractivity contribution in [3.05, 3.63) is 23.7 Å². The SMILES string of the molecule is CS(=O)(=O)CCC(=O)Nc1ccc2scnc2c1. The molecule has 7 heteroatoms. The van der Waals surface area contributed by atoms with E-state index >= 15 is 0 Å². The number of thiazole rings is 1. The molecule has 0 aliphatic carbocycles. The standard InChI is InChI=1S/C11H12N2O3S2/c1-18(15,16)5-4-11(14)13-8-2-3-10-9(6-8)12-7-17-10/h2-3,6-7H,4-5H2,1H3,(H,13,14). The predicted octanol–water partition coefficient (Wildman–Crippen LogP) is 1.67. The van der Waals surface area contributed by atoms with Gasteiger partial charge >= 0.3 is 0 Å². The molecule has 0 unspecified atom stereocenters. The van der Waals surface area contributed by atoms with Crippen LogP contribution in [0.15, 0.2) is 23.7 Å². The summed E-state index contributed by atoms with van der Waals surface area (Å²) in [7, 11) is -3.11. The van der Waals surface area contributed by atoms with Crippen LogP contribution in [0.1, 0.15) is 6.42 Å². The second kappa shape index (κ2) is 5.03. The van der Waals surface area contributed by atoms with Gasteiger partial charge in [-0.15, -0.1) is 11.3 Å². The van der Waals surface area contributed by atoms with Crippen molar-refractivity contribution in [1.82, 2.24) is 4.98 Å². The molecule has 1 N–H and O–H groups in total. The molecular formula is C11H12N2O3S2. The fourth-order valence-electron chi connectivity index (χ4n) is 1.44. The number of sulfone groups is 1. The van der Waals surface area contributed by atoms with Crippen LogP contribution in [-0.4, -0.2) is 31.3 Å². The van der Waals surface area contributed by atoms with Crippen LogP contribution >= 0.6 is 11.3 Å². The van der Waals surface area contributed by atoms with Crippen LogP contribution < -0.4 is 5.32 Å². The van der Waals surface area contributed by atoms with Gasteiger partial charge < -0.3 is 5.32 Å². The van der Waals surface area contributed by atoms with Gasteiger partial charge in [0.15, 0.2) is 0 Å². The van der Waals surface area contributed by atoms with Gasteiger partial charge in [0.1, 0.15) is 9.84 Å². The van der Waals surface area contributed by atoms with E-state index < -0.39 is 9.84 Å². The lowest BCUT2D eigenvalue weighted by Crippen LogP contribution is -2.16. The average molecular weight is 284 g/mol. The molecule has 0 aliphatic heterocycles. The zero-order valence-corrected chi connectivity index (χ0v) is 11.3. The molecule has 5 nitrogen and oxygen atoms in total. The highest BCUT2D eigenvalue weighted by Gasteiger charge is 2.08. The maximum absolute atomic E-state index is 11.5. The van der Waals surface area contributed by atoms with Gasteiger partial charge in [0, 0.05) is 18.4 Å². The third kappa shape index (κ3) is 3.51.